The Kier molecular flexibility index (Phi) is 5.71. The summed E-state index contributed by atoms with van der Waals surface area (Å²) in [5.41, 5.74) is 7.54. The minimum absolute atomic E-state index is 0.0814. The summed E-state index contributed by atoms with van der Waals surface area (Å²) in [5, 5.41) is 4.33. The zero-order valence-electron chi connectivity index (χ0n) is 18.4. The minimum Gasteiger partial charge on any atom is -0.338 e. The van der Waals surface area contributed by atoms with Gasteiger partial charge in [-0.05, 0) is 63.3 Å². The van der Waals surface area contributed by atoms with Crippen molar-refractivity contribution in [1.82, 2.24) is 19.7 Å². The van der Waals surface area contributed by atoms with Gasteiger partial charge in [-0.1, -0.05) is 29.8 Å². The average molecular weight is 403 g/mol. The molecule has 1 unspecified atom stereocenters. The molecule has 4 rings (SSSR count). The first kappa shape index (κ1) is 20.3. The molecule has 0 spiro atoms. The number of benzene rings is 1. The second-order valence-electron chi connectivity index (χ2n) is 8.60. The van der Waals surface area contributed by atoms with E-state index in [2.05, 4.69) is 55.3 Å². The lowest BCUT2D eigenvalue weighted by molar-refractivity contribution is 0.0705. The Labute approximate surface area is 178 Å². The molecule has 5 heteroatoms. The van der Waals surface area contributed by atoms with E-state index in [1.807, 2.05) is 25.1 Å². The van der Waals surface area contributed by atoms with Crippen molar-refractivity contribution in [3.05, 3.63) is 81.9 Å². The summed E-state index contributed by atoms with van der Waals surface area (Å²) in [6.07, 6.45) is 4.79. The van der Waals surface area contributed by atoms with Crippen molar-refractivity contribution in [3.8, 4) is 0 Å². The zero-order chi connectivity index (χ0) is 21.3. The van der Waals surface area contributed by atoms with Gasteiger partial charge in [0.15, 0.2) is 0 Å². The summed E-state index contributed by atoms with van der Waals surface area (Å²) in [6.45, 7) is 7.60. The molecule has 0 N–H and O–H groups in total. The second kappa shape index (κ2) is 8.42. The highest BCUT2D eigenvalue weighted by Gasteiger charge is 2.28. The fraction of sp³-hybridized carbons (Fsp3) is 0.400. The zero-order valence-corrected chi connectivity index (χ0v) is 18.4. The molecule has 156 valence electrons. The molecule has 3 aromatic rings. The fourth-order valence-corrected chi connectivity index (χ4v) is 4.52. The van der Waals surface area contributed by atoms with Gasteiger partial charge in [0.1, 0.15) is 0 Å². The normalized spacial score (nSPS) is 16.7. The molecule has 2 aromatic heterocycles. The number of piperidine rings is 1. The first-order valence-electron chi connectivity index (χ1n) is 10.7. The number of hydrogen-bond donors (Lipinski definition) is 0. The lowest BCUT2D eigenvalue weighted by Gasteiger charge is -2.32. The van der Waals surface area contributed by atoms with E-state index in [0.717, 1.165) is 42.9 Å². The maximum absolute atomic E-state index is 13.1. The fourth-order valence-electron chi connectivity index (χ4n) is 4.52. The van der Waals surface area contributed by atoms with Crippen LogP contribution in [0.15, 0.2) is 42.6 Å². The standard InChI is InChI=1S/C25H30N4O/c1-17-7-5-8-20(11-17)13-21-12-18(2)26-24(14-21)22-9-6-10-29(15-22)25(30)23-16-28(4)27-19(23)3/h5,7-8,11-12,14,16,22H,6,9-10,13,15H2,1-4H3. The van der Waals surface area contributed by atoms with Crippen molar-refractivity contribution < 1.29 is 4.79 Å². The second-order valence-corrected chi connectivity index (χ2v) is 8.60. The van der Waals surface area contributed by atoms with E-state index in [1.54, 1.807) is 4.68 Å². The Morgan fingerprint density at radius 3 is 2.70 bits per heavy atom. The highest BCUT2D eigenvalue weighted by Crippen LogP contribution is 2.28. The van der Waals surface area contributed by atoms with Gasteiger partial charge >= 0.3 is 0 Å². The Bertz CT molecular complexity index is 1070. The van der Waals surface area contributed by atoms with Crippen molar-refractivity contribution in [2.45, 2.75) is 46.0 Å². The van der Waals surface area contributed by atoms with Crippen LogP contribution < -0.4 is 0 Å². The molecule has 0 saturated carbocycles. The largest absolute Gasteiger partial charge is 0.338 e. The summed E-state index contributed by atoms with van der Waals surface area (Å²) >= 11 is 0. The molecule has 1 aliphatic rings. The Hall–Kier alpha value is -2.95. The maximum atomic E-state index is 13.1. The number of pyridine rings is 1. The number of carbonyl (C=O) groups is 1. The lowest BCUT2D eigenvalue weighted by atomic mass is 9.92. The van der Waals surface area contributed by atoms with Gasteiger partial charge in [-0.25, -0.2) is 0 Å². The molecule has 0 aliphatic carbocycles. The summed E-state index contributed by atoms with van der Waals surface area (Å²) in [4.78, 5) is 19.9. The molecule has 1 aromatic carbocycles. The van der Waals surface area contributed by atoms with Crippen molar-refractivity contribution in [3.63, 3.8) is 0 Å². The molecule has 0 bridgehead atoms. The van der Waals surface area contributed by atoms with Crippen LogP contribution in [0.25, 0.3) is 0 Å². The number of rotatable bonds is 4. The number of aromatic nitrogens is 3. The molecule has 30 heavy (non-hydrogen) atoms. The van der Waals surface area contributed by atoms with E-state index in [4.69, 9.17) is 4.98 Å². The van der Waals surface area contributed by atoms with Crippen LogP contribution in [-0.4, -0.2) is 38.7 Å². The van der Waals surface area contributed by atoms with Gasteiger partial charge < -0.3 is 4.90 Å². The lowest BCUT2D eigenvalue weighted by Crippen LogP contribution is -2.39. The molecular weight excluding hydrogens is 372 g/mol. The van der Waals surface area contributed by atoms with Crippen LogP contribution in [0, 0.1) is 20.8 Å². The van der Waals surface area contributed by atoms with E-state index in [0.29, 0.717) is 12.1 Å². The third kappa shape index (κ3) is 4.45. The topological polar surface area (TPSA) is 51.0 Å². The monoisotopic (exact) mass is 402 g/mol. The van der Waals surface area contributed by atoms with E-state index >= 15 is 0 Å². The highest BCUT2D eigenvalue weighted by molar-refractivity contribution is 5.95. The maximum Gasteiger partial charge on any atom is 0.257 e. The molecule has 1 amide bonds. The molecule has 0 radical (unpaired) electrons. The summed E-state index contributed by atoms with van der Waals surface area (Å²) < 4.78 is 1.71. The molecule has 1 saturated heterocycles. The Balaban J connectivity index is 1.54. The van der Waals surface area contributed by atoms with Gasteiger partial charge in [0.05, 0.1) is 11.3 Å². The number of hydrogen-bond acceptors (Lipinski definition) is 3. The minimum atomic E-state index is 0.0814. The predicted octanol–water partition coefficient (Wildman–Crippen LogP) is 4.35. The molecule has 1 fully saturated rings. The SMILES string of the molecule is Cc1cccc(Cc2cc(C)nc(C3CCCN(C(=O)c4cn(C)nc4C)C3)c2)c1. The van der Waals surface area contributed by atoms with E-state index in [1.165, 1.54) is 16.7 Å². The van der Waals surface area contributed by atoms with Gasteiger partial charge in [0, 0.05) is 43.6 Å². The quantitative estimate of drug-likeness (QED) is 0.652. The van der Waals surface area contributed by atoms with E-state index in [-0.39, 0.29) is 11.8 Å². The van der Waals surface area contributed by atoms with Gasteiger partial charge in [-0.2, -0.15) is 5.10 Å². The number of likely N-dealkylation sites (tertiary alicyclic amines) is 1. The smallest absolute Gasteiger partial charge is 0.257 e. The third-order valence-corrected chi connectivity index (χ3v) is 5.89. The van der Waals surface area contributed by atoms with Gasteiger partial charge in [-0.3, -0.25) is 14.5 Å². The van der Waals surface area contributed by atoms with Gasteiger partial charge in [-0.15, -0.1) is 0 Å². The van der Waals surface area contributed by atoms with E-state index < -0.39 is 0 Å². The molecule has 5 nitrogen and oxygen atoms in total. The van der Waals surface area contributed by atoms with Crippen molar-refractivity contribution in [1.29, 1.82) is 0 Å². The Morgan fingerprint density at radius 1 is 1.13 bits per heavy atom. The van der Waals surface area contributed by atoms with Crippen molar-refractivity contribution in [2.75, 3.05) is 13.1 Å². The predicted molar refractivity (Wildman–Crippen MR) is 119 cm³/mol. The van der Waals surface area contributed by atoms with Crippen LogP contribution >= 0.6 is 0 Å². The van der Waals surface area contributed by atoms with Crippen LogP contribution in [0.3, 0.4) is 0 Å². The molecule has 3 heterocycles. The van der Waals surface area contributed by atoms with Gasteiger partial charge in [0.25, 0.3) is 5.91 Å². The van der Waals surface area contributed by atoms with E-state index in [9.17, 15) is 4.79 Å². The first-order valence-corrected chi connectivity index (χ1v) is 10.7. The summed E-state index contributed by atoms with van der Waals surface area (Å²) in [5.74, 6) is 0.355. The number of aryl methyl sites for hydroxylation is 4. The molecular formula is C25H30N4O. The van der Waals surface area contributed by atoms with Crippen LogP contribution in [0.5, 0.6) is 0 Å². The van der Waals surface area contributed by atoms with Crippen LogP contribution in [0.1, 0.15) is 62.9 Å². The number of carbonyl (C=O) groups excluding carboxylic acids is 1. The van der Waals surface area contributed by atoms with Crippen molar-refractivity contribution >= 4 is 5.91 Å². The first-order chi connectivity index (χ1) is 14.4. The average Bonchev–Trinajstić information content (AvgIpc) is 3.05. The summed E-state index contributed by atoms with van der Waals surface area (Å²) in [6, 6.07) is 13.1. The van der Waals surface area contributed by atoms with Crippen molar-refractivity contribution in [2.24, 2.45) is 7.05 Å². The molecule has 1 aliphatic heterocycles. The van der Waals surface area contributed by atoms with Crippen LogP contribution in [0.4, 0.5) is 0 Å². The van der Waals surface area contributed by atoms with Crippen LogP contribution in [0.2, 0.25) is 0 Å². The number of amides is 1. The highest BCUT2D eigenvalue weighted by atomic mass is 16.2. The number of nitrogens with zero attached hydrogens (tertiary/aromatic N) is 4. The third-order valence-electron chi connectivity index (χ3n) is 5.89. The Morgan fingerprint density at radius 2 is 1.97 bits per heavy atom. The summed E-state index contributed by atoms with van der Waals surface area (Å²) in [7, 11) is 1.86. The molecule has 1 atom stereocenters. The van der Waals surface area contributed by atoms with Gasteiger partial charge in [0.2, 0.25) is 0 Å². The van der Waals surface area contributed by atoms with Crippen LogP contribution in [-0.2, 0) is 13.5 Å².